The minimum Gasteiger partial charge on any atom is -0.339 e. The number of aryl methyl sites for hydroxylation is 1. The van der Waals surface area contributed by atoms with Crippen LogP contribution in [0.4, 0.5) is 5.69 Å². The van der Waals surface area contributed by atoms with E-state index in [9.17, 15) is 9.59 Å². The average Bonchev–Trinajstić information content (AvgIpc) is 3.61. The number of amides is 1. The Hall–Kier alpha value is -3.81. The second-order valence-electron chi connectivity index (χ2n) is 9.21. The molecule has 2 aromatic heterocycles. The van der Waals surface area contributed by atoms with Gasteiger partial charge in [0.15, 0.2) is 0 Å². The Morgan fingerprint density at radius 3 is 2.59 bits per heavy atom. The van der Waals surface area contributed by atoms with Crippen LogP contribution >= 0.6 is 0 Å². The minimum absolute atomic E-state index is 0.0112. The predicted octanol–water partition coefficient (Wildman–Crippen LogP) is 4.39. The summed E-state index contributed by atoms with van der Waals surface area (Å²) >= 11 is 0. The number of anilines is 1. The van der Waals surface area contributed by atoms with E-state index in [1.165, 1.54) is 0 Å². The zero-order valence-electron chi connectivity index (χ0n) is 19.0. The Morgan fingerprint density at radius 2 is 1.79 bits per heavy atom. The molecule has 1 unspecified atom stereocenters. The van der Waals surface area contributed by atoms with E-state index in [1.807, 2.05) is 53.1 Å². The normalized spacial score (nSPS) is 18.9. The summed E-state index contributed by atoms with van der Waals surface area (Å²) < 4.78 is 7.49. The molecule has 1 aliphatic heterocycles. The molecule has 8 heteroatoms. The van der Waals surface area contributed by atoms with E-state index in [-0.39, 0.29) is 23.4 Å². The summed E-state index contributed by atoms with van der Waals surface area (Å²) in [7, 11) is 0. The van der Waals surface area contributed by atoms with Crippen LogP contribution in [0.5, 0.6) is 0 Å². The molecule has 1 amide bonds. The first-order chi connectivity index (χ1) is 16.6. The summed E-state index contributed by atoms with van der Waals surface area (Å²) in [6, 6.07) is 15.6. The monoisotopic (exact) mass is 455 g/mol. The number of hydrogen-bond acceptors (Lipinski definition) is 6. The van der Waals surface area contributed by atoms with Crippen molar-refractivity contribution in [1.82, 2.24) is 19.7 Å². The van der Waals surface area contributed by atoms with Crippen LogP contribution in [-0.2, 0) is 4.79 Å². The molecule has 2 aromatic carbocycles. The molecule has 1 saturated heterocycles. The van der Waals surface area contributed by atoms with Crippen LogP contribution in [0.1, 0.15) is 55.6 Å². The van der Waals surface area contributed by atoms with E-state index in [1.54, 1.807) is 11.8 Å². The van der Waals surface area contributed by atoms with Gasteiger partial charge < -0.3 is 14.0 Å². The van der Waals surface area contributed by atoms with E-state index in [4.69, 9.17) is 4.52 Å². The lowest BCUT2D eigenvalue weighted by molar-refractivity contribution is -0.117. The molecule has 4 aromatic rings. The number of benzene rings is 2. The number of aromatic nitrogens is 4. The van der Waals surface area contributed by atoms with Crippen LogP contribution < -0.4 is 10.5 Å². The van der Waals surface area contributed by atoms with Gasteiger partial charge in [-0.1, -0.05) is 36.2 Å². The lowest BCUT2D eigenvalue weighted by Gasteiger charge is -2.17. The average molecular weight is 456 g/mol. The van der Waals surface area contributed by atoms with Crippen molar-refractivity contribution in [3.05, 3.63) is 70.5 Å². The van der Waals surface area contributed by atoms with E-state index in [0.717, 1.165) is 48.0 Å². The number of fused-ring (bicyclic) bond motifs is 1. The van der Waals surface area contributed by atoms with Gasteiger partial charge in [-0.3, -0.25) is 9.59 Å². The Kier molecular flexibility index (Phi) is 5.01. The minimum atomic E-state index is -0.151. The molecule has 0 radical (unpaired) electrons. The van der Waals surface area contributed by atoms with Gasteiger partial charge >= 0.3 is 0 Å². The third-order valence-corrected chi connectivity index (χ3v) is 6.98. The molecule has 172 valence electrons. The van der Waals surface area contributed by atoms with Gasteiger partial charge in [0.25, 0.3) is 5.56 Å². The largest absolute Gasteiger partial charge is 0.339 e. The van der Waals surface area contributed by atoms with Gasteiger partial charge in [-0.05, 0) is 50.1 Å². The van der Waals surface area contributed by atoms with Crippen molar-refractivity contribution in [3.8, 4) is 11.4 Å². The van der Waals surface area contributed by atoms with Crippen LogP contribution in [-0.4, -0.2) is 32.1 Å². The number of hydrogen-bond donors (Lipinski definition) is 0. The Bertz CT molecular complexity index is 1440. The van der Waals surface area contributed by atoms with Crippen molar-refractivity contribution >= 4 is 22.6 Å². The van der Waals surface area contributed by atoms with Gasteiger partial charge in [-0.15, -0.1) is 0 Å². The highest BCUT2D eigenvalue weighted by Gasteiger charge is 2.35. The van der Waals surface area contributed by atoms with Crippen molar-refractivity contribution in [2.45, 2.75) is 51.0 Å². The number of carbonyl (C=O) groups is 1. The van der Waals surface area contributed by atoms with Crippen LogP contribution in [0.2, 0.25) is 0 Å². The molecule has 1 aliphatic carbocycles. The highest BCUT2D eigenvalue weighted by atomic mass is 16.5. The Balaban J connectivity index is 1.31. The fraction of sp³-hybridized carbons (Fsp3) is 0.346. The molecular weight excluding hydrogens is 430 g/mol. The molecule has 34 heavy (non-hydrogen) atoms. The number of rotatable bonds is 4. The van der Waals surface area contributed by atoms with Crippen LogP contribution in [0, 0.1) is 6.92 Å². The first kappa shape index (κ1) is 20.8. The molecule has 1 atom stereocenters. The standard InChI is InChI=1S/C26H25N5O3/c1-16-26(33)31(20-9-5-6-10-20)22-12-11-17(13-21(22)27-16)24-28-25(34-29-24)18-14-23(32)30(15-18)19-7-3-2-4-8-19/h2-4,7-8,11-13,18,20H,5-6,9-10,14-15H2,1H3. The molecule has 2 aliphatic rings. The quantitative estimate of drug-likeness (QED) is 0.453. The summed E-state index contributed by atoms with van der Waals surface area (Å²) in [6.45, 7) is 2.28. The maximum Gasteiger partial charge on any atom is 0.272 e. The van der Waals surface area contributed by atoms with Gasteiger partial charge in [0.1, 0.15) is 5.69 Å². The molecular formula is C26H25N5O3. The zero-order chi connectivity index (χ0) is 23.2. The second kappa shape index (κ2) is 8.20. The molecule has 0 bridgehead atoms. The molecule has 2 fully saturated rings. The summed E-state index contributed by atoms with van der Waals surface area (Å²) in [6.07, 6.45) is 4.68. The lowest BCUT2D eigenvalue weighted by Crippen LogP contribution is -2.26. The zero-order valence-corrected chi connectivity index (χ0v) is 19.0. The molecule has 0 spiro atoms. The second-order valence-corrected chi connectivity index (χ2v) is 9.21. The first-order valence-corrected chi connectivity index (χ1v) is 11.8. The van der Waals surface area contributed by atoms with Crippen LogP contribution in [0.15, 0.2) is 57.8 Å². The SMILES string of the molecule is Cc1nc2cc(-c3noc(C4CC(=O)N(c5ccccc5)C4)n3)ccc2n(C2CCCC2)c1=O. The molecule has 0 N–H and O–H groups in total. The van der Waals surface area contributed by atoms with E-state index in [0.29, 0.717) is 30.4 Å². The summed E-state index contributed by atoms with van der Waals surface area (Å²) in [5.74, 6) is 0.816. The molecule has 1 saturated carbocycles. The topological polar surface area (TPSA) is 94.1 Å². The van der Waals surface area contributed by atoms with Gasteiger partial charge in [0, 0.05) is 30.3 Å². The van der Waals surface area contributed by atoms with E-state index >= 15 is 0 Å². The highest BCUT2D eigenvalue weighted by Crippen LogP contribution is 2.33. The smallest absolute Gasteiger partial charge is 0.272 e. The highest BCUT2D eigenvalue weighted by molar-refractivity contribution is 5.96. The number of para-hydroxylation sites is 1. The maximum atomic E-state index is 12.9. The summed E-state index contributed by atoms with van der Waals surface area (Å²) in [4.78, 5) is 36.4. The Morgan fingerprint density at radius 1 is 1.00 bits per heavy atom. The van der Waals surface area contributed by atoms with Crippen LogP contribution in [0.25, 0.3) is 22.4 Å². The molecule has 8 nitrogen and oxygen atoms in total. The van der Waals surface area contributed by atoms with Gasteiger partial charge in [0.05, 0.1) is 17.0 Å². The fourth-order valence-corrected chi connectivity index (χ4v) is 5.24. The van der Waals surface area contributed by atoms with Gasteiger partial charge in [-0.25, -0.2) is 4.98 Å². The third-order valence-electron chi connectivity index (χ3n) is 6.98. The molecule has 6 rings (SSSR count). The maximum absolute atomic E-state index is 12.9. The lowest BCUT2D eigenvalue weighted by atomic mass is 10.1. The summed E-state index contributed by atoms with van der Waals surface area (Å²) in [5.41, 5.74) is 3.72. The van der Waals surface area contributed by atoms with Crippen molar-refractivity contribution in [2.75, 3.05) is 11.4 Å². The number of carbonyl (C=O) groups excluding carboxylic acids is 1. The molecule has 3 heterocycles. The summed E-state index contributed by atoms with van der Waals surface area (Å²) in [5, 5.41) is 4.19. The van der Waals surface area contributed by atoms with Gasteiger partial charge in [-0.2, -0.15) is 4.98 Å². The van der Waals surface area contributed by atoms with E-state index < -0.39 is 0 Å². The van der Waals surface area contributed by atoms with Gasteiger partial charge in [0.2, 0.25) is 17.6 Å². The Labute approximate surface area is 196 Å². The first-order valence-electron chi connectivity index (χ1n) is 11.8. The van der Waals surface area contributed by atoms with Crippen LogP contribution in [0.3, 0.4) is 0 Å². The van der Waals surface area contributed by atoms with Crippen molar-refractivity contribution in [2.24, 2.45) is 0 Å². The van der Waals surface area contributed by atoms with Crippen molar-refractivity contribution in [1.29, 1.82) is 0 Å². The predicted molar refractivity (Wildman–Crippen MR) is 128 cm³/mol. The van der Waals surface area contributed by atoms with E-state index in [2.05, 4.69) is 15.1 Å². The van der Waals surface area contributed by atoms with Crippen molar-refractivity contribution < 1.29 is 9.32 Å². The fourth-order valence-electron chi connectivity index (χ4n) is 5.24. The third kappa shape index (κ3) is 3.50. The van der Waals surface area contributed by atoms with Crippen molar-refractivity contribution in [3.63, 3.8) is 0 Å². The number of nitrogens with zero attached hydrogens (tertiary/aromatic N) is 5.